The van der Waals surface area contributed by atoms with Gasteiger partial charge in [0.25, 0.3) is 5.91 Å². The van der Waals surface area contributed by atoms with Gasteiger partial charge in [0.15, 0.2) is 0 Å². The van der Waals surface area contributed by atoms with Crippen molar-refractivity contribution in [2.75, 3.05) is 5.32 Å². The van der Waals surface area contributed by atoms with Gasteiger partial charge in [-0.25, -0.2) is 4.98 Å². The number of aromatic nitrogens is 1. The average Bonchev–Trinajstić information content (AvgIpc) is 3.17. The molecule has 0 aliphatic heterocycles. The molecule has 5 nitrogen and oxygen atoms in total. The van der Waals surface area contributed by atoms with Gasteiger partial charge >= 0.3 is 0 Å². The number of para-hydroxylation sites is 1. The highest BCUT2D eigenvalue weighted by atomic mass is 32.1. The largest absolute Gasteiger partial charge is 0.350 e. The van der Waals surface area contributed by atoms with Gasteiger partial charge in [-0.15, -0.1) is 11.3 Å². The Morgan fingerprint density at radius 3 is 2.55 bits per heavy atom. The van der Waals surface area contributed by atoms with Gasteiger partial charge in [0, 0.05) is 17.0 Å². The molecule has 0 fully saturated rings. The Bertz CT molecular complexity index is 995. The Kier molecular flexibility index (Phi) is 6.77. The summed E-state index contributed by atoms with van der Waals surface area (Å²) >= 11 is 1.52. The van der Waals surface area contributed by atoms with E-state index in [1.807, 2.05) is 50.4 Å². The second-order valence-electron chi connectivity index (χ2n) is 7.06. The van der Waals surface area contributed by atoms with Crippen molar-refractivity contribution in [1.82, 2.24) is 10.3 Å². The lowest BCUT2D eigenvalue weighted by molar-refractivity contribution is -0.115. The number of anilines is 1. The molecule has 2 amide bonds. The highest BCUT2D eigenvalue weighted by molar-refractivity contribution is 7.13. The van der Waals surface area contributed by atoms with Crippen LogP contribution in [-0.2, 0) is 11.2 Å². The van der Waals surface area contributed by atoms with Crippen LogP contribution in [0.5, 0.6) is 0 Å². The molecule has 2 aromatic carbocycles. The molecule has 0 radical (unpaired) electrons. The fraction of sp³-hybridized carbons (Fsp3) is 0.261. The van der Waals surface area contributed by atoms with Crippen molar-refractivity contribution in [2.45, 2.75) is 39.7 Å². The van der Waals surface area contributed by atoms with Gasteiger partial charge in [0.1, 0.15) is 5.01 Å². The molecule has 6 heteroatoms. The minimum absolute atomic E-state index is 0.0708. The minimum Gasteiger partial charge on any atom is -0.350 e. The van der Waals surface area contributed by atoms with Crippen molar-refractivity contribution >= 4 is 28.8 Å². The van der Waals surface area contributed by atoms with Crippen LogP contribution in [0.1, 0.15) is 41.9 Å². The summed E-state index contributed by atoms with van der Waals surface area (Å²) in [7, 11) is 0. The van der Waals surface area contributed by atoms with E-state index in [1.165, 1.54) is 16.9 Å². The van der Waals surface area contributed by atoms with Crippen LogP contribution >= 0.6 is 11.3 Å². The number of benzene rings is 2. The quantitative estimate of drug-likeness (QED) is 0.589. The van der Waals surface area contributed by atoms with E-state index in [9.17, 15) is 9.59 Å². The number of amides is 2. The van der Waals surface area contributed by atoms with Crippen molar-refractivity contribution in [2.24, 2.45) is 0 Å². The maximum Gasteiger partial charge on any atom is 0.253 e. The van der Waals surface area contributed by atoms with E-state index in [0.717, 1.165) is 17.0 Å². The van der Waals surface area contributed by atoms with Crippen molar-refractivity contribution < 1.29 is 9.59 Å². The number of nitrogens with one attached hydrogen (secondary N) is 2. The van der Waals surface area contributed by atoms with Gasteiger partial charge < -0.3 is 10.6 Å². The van der Waals surface area contributed by atoms with Gasteiger partial charge in [-0.2, -0.15) is 0 Å². The highest BCUT2D eigenvalue weighted by Crippen LogP contribution is 2.24. The molecular weight excluding hydrogens is 382 g/mol. The third kappa shape index (κ3) is 5.51. The molecule has 3 rings (SSSR count). The second-order valence-corrected chi connectivity index (χ2v) is 7.92. The average molecular weight is 408 g/mol. The third-order valence-electron chi connectivity index (χ3n) is 4.63. The van der Waals surface area contributed by atoms with Crippen LogP contribution in [0.25, 0.3) is 10.6 Å². The topological polar surface area (TPSA) is 71.1 Å². The van der Waals surface area contributed by atoms with E-state index in [4.69, 9.17) is 0 Å². The van der Waals surface area contributed by atoms with Crippen molar-refractivity contribution in [3.05, 3.63) is 70.7 Å². The van der Waals surface area contributed by atoms with Gasteiger partial charge in [0.05, 0.1) is 23.4 Å². The lowest BCUT2D eigenvalue weighted by Crippen LogP contribution is -2.32. The summed E-state index contributed by atoms with van der Waals surface area (Å²) in [5.41, 5.74) is 3.91. The van der Waals surface area contributed by atoms with Crippen LogP contribution in [0.3, 0.4) is 0 Å². The Balaban J connectivity index is 1.67. The number of hydrogen-bond donors (Lipinski definition) is 2. The van der Waals surface area contributed by atoms with E-state index in [1.54, 1.807) is 24.3 Å². The Labute approximate surface area is 175 Å². The Morgan fingerprint density at radius 1 is 1.10 bits per heavy atom. The highest BCUT2D eigenvalue weighted by Gasteiger charge is 2.15. The van der Waals surface area contributed by atoms with Gasteiger partial charge in [0.2, 0.25) is 5.91 Å². The molecule has 29 heavy (non-hydrogen) atoms. The molecule has 0 aliphatic carbocycles. The summed E-state index contributed by atoms with van der Waals surface area (Å²) in [5.74, 6) is -0.389. The number of aryl methyl sites for hydroxylation is 1. The molecule has 1 heterocycles. The SMILES string of the molecule is CCC(C)NC(=O)c1ccccc1NC(=O)Cc1csc(-c2ccc(C)cc2)n1. The maximum absolute atomic E-state index is 12.5. The zero-order valence-electron chi connectivity index (χ0n) is 16.9. The molecule has 3 aromatic rings. The van der Waals surface area contributed by atoms with Crippen LogP contribution in [0.2, 0.25) is 0 Å². The van der Waals surface area contributed by atoms with Crippen LogP contribution < -0.4 is 10.6 Å². The summed E-state index contributed by atoms with van der Waals surface area (Å²) < 4.78 is 0. The first kappa shape index (κ1) is 20.7. The predicted molar refractivity (Wildman–Crippen MR) is 118 cm³/mol. The van der Waals surface area contributed by atoms with E-state index < -0.39 is 0 Å². The number of nitrogens with zero attached hydrogens (tertiary/aromatic N) is 1. The van der Waals surface area contributed by atoms with Crippen LogP contribution in [0.15, 0.2) is 53.9 Å². The van der Waals surface area contributed by atoms with E-state index in [0.29, 0.717) is 16.9 Å². The summed E-state index contributed by atoms with van der Waals surface area (Å²) in [6.45, 7) is 6.01. The molecule has 0 saturated heterocycles. The number of rotatable bonds is 7. The normalized spacial score (nSPS) is 11.7. The van der Waals surface area contributed by atoms with Gasteiger partial charge in [-0.3, -0.25) is 9.59 Å². The molecule has 0 saturated carbocycles. The number of thiazole rings is 1. The van der Waals surface area contributed by atoms with Crippen molar-refractivity contribution in [3.63, 3.8) is 0 Å². The van der Waals surface area contributed by atoms with Gasteiger partial charge in [-0.1, -0.05) is 48.9 Å². The molecule has 1 atom stereocenters. The van der Waals surface area contributed by atoms with Crippen molar-refractivity contribution in [1.29, 1.82) is 0 Å². The third-order valence-corrected chi connectivity index (χ3v) is 5.57. The first-order valence-electron chi connectivity index (χ1n) is 9.67. The molecule has 0 spiro atoms. The molecule has 0 bridgehead atoms. The maximum atomic E-state index is 12.5. The Hall–Kier alpha value is -2.99. The summed E-state index contributed by atoms with van der Waals surface area (Å²) in [4.78, 5) is 29.6. The zero-order valence-corrected chi connectivity index (χ0v) is 17.7. The molecule has 1 aromatic heterocycles. The van der Waals surface area contributed by atoms with E-state index in [2.05, 4.69) is 15.6 Å². The summed E-state index contributed by atoms with van der Waals surface area (Å²) in [6, 6.07) is 15.3. The standard InChI is InChI=1S/C23H25N3O2S/c1-4-16(3)24-22(28)19-7-5-6-8-20(19)26-21(27)13-18-14-29-23(25-18)17-11-9-15(2)10-12-17/h5-12,14,16H,4,13H2,1-3H3,(H,24,28)(H,26,27). The fourth-order valence-corrected chi connectivity index (χ4v) is 3.60. The molecule has 0 aliphatic rings. The minimum atomic E-state index is -0.199. The lowest BCUT2D eigenvalue weighted by Gasteiger charge is -2.14. The van der Waals surface area contributed by atoms with Crippen LogP contribution in [-0.4, -0.2) is 22.8 Å². The smallest absolute Gasteiger partial charge is 0.253 e. The van der Waals surface area contributed by atoms with Crippen molar-refractivity contribution in [3.8, 4) is 10.6 Å². The molecular formula is C23H25N3O2S. The first-order chi connectivity index (χ1) is 14.0. The van der Waals surface area contributed by atoms with Crippen LogP contribution in [0, 0.1) is 6.92 Å². The molecule has 2 N–H and O–H groups in total. The monoisotopic (exact) mass is 407 g/mol. The number of hydrogen-bond acceptors (Lipinski definition) is 4. The predicted octanol–water partition coefficient (Wildman–Crippen LogP) is 4.83. The van der Waals surface area contributed by atoms with Crippen LogP contribution in [0.4, 0.5) is 5.69 Å². The number of carbonyl (C=O) groups excluding carboxylic acids is 2. The zero-order chi connectivity index (χ0) is 20.8. The fourth-order valence-electron chi connectivity index (χ4n) is 2.77. The lowest BCUT2D eigenvalue weighted by atomic mass is 10.1. The first-order valence-corrected chi connectivity index (χ1v) is 10.6. The Morgan fingerprint density at radius 2 is 1.83 bits per heavy atom. The second kappa shape index (κ2) is 9.47. The van der Waals surface area contributed by atoms with E-state index in [-0.39, 0.29) is 24.3 Å². The van der Waals surface area contributed by atoms with Gasteiger partial charge in [-0.05, 0) is 32.4 Å². The summed E-state index contributed by atoms with van der Waals surface area (Å²) in [6.07, 6.45) is 0.997. The molecule has 1 unspecified atom stereocenters. The van der Waals surface area contributed by atoms with E-state index >= 15 is 0 Å². The number of carbonyl (C=O) groups is 2. The summed E-state index contributed by atoms with van der Waals surface area (Å²) in [5, 5.41) is 8.58. The molecule has 150 valence electrons.